The number of hydrogen-bond donors (Lipinski definition) is 1. The summed E-state index contributed by atoms with van der Waals surface area (Å²) < 4.78 is 28.6. The Bertz CT molecular complexity index is 1400. The molecule has 0 saturated heterocycles. The van der Waals surface area contributed by atoms with Gasteiger partial charge in [-0.05, 0) is 61.7 Å². The lowest BCUT2D eigenvalue weighted by Crippen LogP contribution is -2.52. The molecule has 0 spiro atoms. The number of anilines is 1. The third kappa shape index (κ3) is 7.12. The third-order valence-electron chi connectivity index (χ3n) is 6.87. The number of sulfonamides is 1. The Morgan fingerprint density at radius 2 is 1.54 bits per heavy atom. The van der Waals surface area contributed by atoms with E-state index < -0.39 is 28.5 Å². The first-order valence-corrected chi connectivity index (χ1v) is 15.0. The molecule has 0 heterocycles. The van der Waals surface area contributed by atoms with Gasteiger partial charge in [0.05, 0.1) is 15.6 Å². The summed E-state index contributed by atoms with van der Waals surface area (Å²) in [5, 5.41) is 3.78. The van der Waals surface area contributed by atoms with Gasteiger partial charge in [-0.15, -0.1) is 0 Å². The lowest BCUT2D eigenvalue weighted by atomic mass is 10.1. The van der Waals surface area contributed by atoms with Crippen LogP contribution in [-0.4, -0.2) is 43.8 Å². The number of rotatable bonds is 10. The quantitative estimate of drug-likeness (QED) is 0.331. The van der Waals surface area contributed by atoms with Gasteiger partial charge in [0.2, 0.25) is 11.8 Å². The summed E-state index contributed by atoms with van der Waals surface area (Å²) in [7, 11) is -4.16. The highest BCUT2D eigenvalue weighted by molar-refractivity contribution is 7.92. The molecular weight excluding hydrogens is 557 g/mol. The molecule has 2 amide bonds. The fraction of sp³-hybridized carbons (Fsp3) is 0.310. The highest BCUT2D eigenvalue weighted by Gasteiger charge is 2.34. The number of halogens is 2. The van der Waals surface area contributed by atoms with Gasteiger partial charge in [-0.1, -0.05) is 78.5 Å². The SMILES string of the molecule is C[C@H](C(=O)NC1CCCC1)N(Cc1ccc(Cl)cc1)C(=O)CN(c1ccccc1Cl)S(=O)(=O)c1ccccc1. The zero-order valence-electron chi connectivity index (χ0n) is 21.6. The molecular formula is C29H31Cl2N3O4S. The van der Waals surface area contributed by atoms with Crippen molar-refractivity contribution in [1.29, 1.82) is 0 Å². The van der Waals surface area contributed by atoms with Crippen LogP contribution in [0.2, 0.25) is 10.0 Å². The first-order chi connectivity index (χ1) is 18.7. The molecule has 7 nitrogen and oxygen atoms in total. The maximum absolute atomic E-state index is 13.9. The van der Waals surface area contributed by atoms with E-state index in [4.69, 9.17) is 23.2 Å². The average Bonchev–Trinajstić information content (AvgIpc) is 3.45. The molecule has 1 atom stereocenters. The second-order valence-electron chi connectivity index (χ2n) is 9.59. The van der Waals surface area contributed by atoms with Crippen molar-refractivity contribution in [3.05, 3.63) is 94.5 Å². The Balaban J connectivity index is 1.68. The van der Waals surface area contributed by atoms with E-state index in [1.165, 1.54) is 17.0 Å². The van der Waals surface area contributed by atoms with Crippen molar-refractivity contribution in [3.8, 4) is 0 Å². The second kappa shape index (κ2) is 12.9. The number of amides is 2. The van der Waals surface area contributed by atoms with Crippen LogP contribution in [0.4, 0.5) is 5.69 Å². The lowest BCUT2D eigenvalue weighted by molar-refractivity contribution is -0.139. The van der Waals surface area contributed by atoms with Gasteiger partial charge in [-0.2, -0.15) is 0 Å². The highest BCUT2D eigenvalue weighted by atomic mass is 35.5. The summed E-state index contributed by atoms with van der Waals surface area (Å²) in [6.45, 7) is 1.20. The zero-order chi connectivity index (χ0) is 28.0. The van der Waals surface area contributed by atoms with Crippen LogP contribution in [-0.2, 0) is 26.2 Å². The van der Waals surface area contributed by atoms with E-state index in [9.17, 15) is 18.0 Å². The molecule has 3 aromatic rings. The Kier molecular flexibility index (Phi) is 9.53. The lowest BCUT2D eigenvalue weighted by Gasteiger charge is -2.32. The molecule has 1 N–H and O–H groups in total. The average molecular weight is 589 g/mol. The Hall–Kier alpha value is -3.07. The minimum absolute atomic E-state index is 0.0222. The molecule has 0 radical (unpaired) electrons. The van der Waals surface area contributed by atoms with Gasteiger partial charge in [0.25, 0.3) is 10.0 Å². The number of carbonyl (C=O) groups is 2. The van der Waals surface area contributed by atoms with E-state index in [0.29, 0.717) is 5.02 Å². The van der Waals surface area contributed by atoms with E-state index in [1.807, 2.05) is 0 Å². The molecule has 0 aromatic heterocycles. The monoisotopic (exact) mass is 587 g/mol. The van der Waals surface area contributed by atoms with Crippen molar-refractivity contribution in [2.75, 3.05) is 10.8 Å². The van der Waals surface area contributed by atoms with Gasteiger partial charge in [0.15, 0.2) is 0 Å². The van der Waals surface area contributed by atoms with Gasteiger partial charge in [0.1, 0.15) is 12.6 Å². The Labute approximate surface area is 239 Å². The first-order valence-electron chi connectivity index (χ1n) is 12.8. The van der Waals surface area contributed by atoms with Crippen molar-refractivity contribution in [3.63, 3.8) is 0 Å². The summed E-state index contributed by atoms with van der Waals surface area (Å²) in [6.07, 6.45) is 3.91. The molecule has 0 bridgehead atoms. The number of hydrogen-bond acceptors (Lipinski definition) is 4. The Morgan fingerprint density at radius 1 is 0.923 bits per heavy atom. The molecule has 1 saturated carbocycles. The van der Waals surface area contributed by atoms with Crippen molar-refractivity contribution >= 4 is 50.7 Å². The maximum atomic E-state index is 13.9. The van der Waals surface area contributed by atoms with Crippen LogP contribution in [0.1, 0.15) is 38.2 Å². The van der Waals surface area contributed by atoms with Crippen LogP contribution < -0.4 is 9.62 Å². The molecule has 1 aliphatic carbocycles. The van der Waals surface area contributed by atoms with E-state index in [0.717, 1.165) is 35.6 Å². The summed E-state index contributed by atoms with van der Waals surface area (Å²) in [5.41, 5.74) is 0.925. The predicted octanol–water partition coefficient (Wildman–Crippen LogP) is 5.66. The van der Waals surface area contributed by atoms with E-state index in [-0.39, 0.29) is 34.1 Å². The van der Waals surface area contributed by atoms with Gasteiger partial charge < -0.3 is 10.2 Å². The van der Waals surface area contributed by atoms with Crippen LogP contribution in [0, 0.1) is 0 Å². The molecule has 4 rings (SSSR count). The molecule has 10 heteroatoms. The molecule has 0 unspecified atom stereocenters. The first kappa shape index (κ1) is 28.9. The molecule has 39 heavy (non-hydrogen) atoms. The topological polar surface area (TPSA) is 86.8 Å². The van der Waals surface area contributed by atoms with Crippen molar-refractivity contribution in [2.45, 2.75) is 56.1 Å². The van der Waals surface area contributed by atoms with E-state index in [1.54, 1.807) is 73.7 Å². The van der Waals surface area contributed by atoms with Gasteiger partial charge >= 0.3 is 0 Å². The van der Waals surface area contributed by atoms with Crippen LogP contribution >= 0.6 is 23.2 Å². The summed E-state index contributed by atoms with van der Waals surface area (Å²) in [5.74, 6) is -0.821. The van der Waals surface area contributed by atoms with Crippen LogP contribution in [0.5, 0.6) is 0 Å². The molecule has 0 aliphatic heterocycles. The summed E-state index contributed by atoms with van der Waals surface area (Å²) >= 11 is 12.5. The van der Waals surface area contributed by atoms with E-state index >= 15 is 0 Å². The van der Waals surface area contributed by atoms with Crippen molar-refractivity contribution in [1.82, 2.24) is 10.2 Å². The minimum atomic E-state index is -4.16. The van der Waals surface area contributed by atoms with Crippen LogP contribution in [0.3, 0.4) is 0 Å². The number of carbonyl (C=O) groups excluding carboxylic acids is 2. The standard InChI is InChI=1S/C29H31Cl2N3O4S/c1-21(29(36)32-24-9-5-6-10-24)33(19-22-15-17-23(30)18-16-22)28(35)20-34(27-14-8-7-13-26(27)31)39(37,38)25-11-3-2-4-12-25/h2-4,7-8,11-18,21,24H,5-6,9-10,19-20H2,1H3,(H,32,36)/t21-/m1/s1. The number of benzene rings is 3. The largest absolute Gasteiger partial charge is 0.352 e. The fourth-order valence-electron chi connectivity index (χ4n) is 4.65. The Morgan fingerprint density at radius 3 is 2.18 bits per heavy atom. The van der Waals surface area contributed by atoms with Crippen molar-refractivity contribution < 1.29 is 18.0 Å². The number of nitrogens with zero attached hydrogens (tertiary/aromatic N) is 2. The normalized spacial score (nSPS) is 14.5. The summed E-state index contributed by atoms with van der Waals surface area (Å²) in [6, 6.07) is 20.5. The van der Waals surface area contributed by atoms with Gasteiger partial charge in [-0.3, -0.25) is 13.9 Å². The summed E-state index contributed by atoms with van der Waals surface area (Å²) in [4.78, 5) is 28.6. The molecule has 1 aliphatic rings. The number of para-hydroxylation sites is 1. The molecule has 1 fully saturated rings. The third-order valence-corrected chi connectivity index (χ3v) is 9.21. The smallest absolute Gasteiger partial charge is 0.264 e. The van der Waals surface area contributed by atoms with Gasteiger partial charge in [-0.25, -0.2) is 8.42 Å². The predicted molar refractivity (Wildman–Crippen MR) is 154 cm³/mol. The zero-order valence-corrected chi connectivity index (χ0v) is 23.9. The van der Waals surface area contributed by atoms with Crippen molar-refractivity contribution in [2.24, 2.45) is 0 Å². The van der Waals surface area contributed by atoms with Crippen LogP contribution in [0.15, 0.2) is 83.8 Å². The van der Waals surface area contributed by atoms with Gasteiger partial charge in [0, 0.05) is 17.6 Å². The minimum Gasteiger partial charge on any atom is -0.352 e. The second-order valence-corrected chi connectivity index (χ2v) is 12.3. The maximum Gasteiger partial charge on any atom is 0.264 e. The molecule has 3 aromatic carbocycles. The van der Waals surface area contributed by atoms with E-state index in [2.05, 4.69) is 5.32 Å². The van der Waals surface area contributed by atoms with Crippen LogP contribution in [0.25, 0.3) is 0 Å². The number of nitrogens with one attached hydrogen (secondary N) is 1. The molecule has 206 valence electrons. The fourth-order valence-corrected chi connectivity index (χ4v) is 6.52. The highest BCUT2D eigenvalue weighted by Crippen LogP contribution is 2.30.